The zero-order chi connectivity index (χ0) is 22.8. The van der Waals surface area contributed by atoms with Crippen molar-refractivity contribution in [2.75, 3.05) is 11.9 Å². The number of carbonyl (C=O) groups excluding carboxylic acids is 1. The Balaban J connectivity index is 1.44. The normalized spacial score (nSPS) is 15.8. The maximum atomic E-state index is 12.2. The van der Waals surface area contributed by atoms with E-state index in [2.05, 4.69) is 20.1 Å². The van der Waals surface area contributed by atoms with Gasteiger partial charge in [0.1, 0.15) is 5.58 Å². The van der Waals surface area contributed by atoms with Crippen LogP contribution in [0.3, 0.4) is 0 Å². The van der Waals surface area contributed by atoms with Gasteiger partial charge in [0.05, 0.1) is 17.5 Å². The standard InChI is InChI=1S/C23H22N4O4S2/c1-14(28)24-16-6-7-18-15(10-21(29)31-19(18)11-16)13-33-23-26-25-22(20-5-3-9-32-20)27(23)12-17-4-2-8-30-17/h3,5-7,9-11,17H,2,4,8,12-13H2,1H3,(H,24,28)/t17-/m0/s1. The number of rotatable bonds is 7. The molecule has 0 aliphatic carbocycles. The molecule has 5 rings (SSSR count). The van der Waals surface area contributed by atoms with E-state index in [4.69, 9.17) is 9.15 Å². The maximum Gasteiger partial charge on any atom is 0.336 e. The number of thiophene rings is 1. The molecule has 4 heterocycles. The van der Waals surface area contributed by atoms with Crippen LogP contribution in [0.15, 0.2) is 56.1 Å². The van der Waals surface area contributed by atoms with Gasteiger partial charge in [0, 0.05) is 42.5 Å². The molecule has 10 heteroatoms. The lowest BCUT2D eigenvalue weighted by Gasteiger charge is -2.14. The third-order valence-electron chi connectivity index (χ3n) is 5.38. The molecule has 0 radical (unpaired) electrons. The number of carbonyl (C=O) groups is 1. The SMILES string of the molecule is CC(=O)Nc1ccc2c(CSc3nnc(-c4cccs4)n3C[C@@H]3CCCO3)cc(=O)oc2c1. The van der Waals surface area contributed by atoms with Crippen LogP contribution in [0, 0.1) is 0 Å². The largest absolute Gasteiger partial charge is 0.423 e. The number of ether oxygens (including phenoxy) is 1. The highest BCUT2D eigenvalue weighted by atomic mass is 32.2. The minimum atomic E-state index is -0.432. The molecule has 1 aliphatic rings. The highest BCUT2D eigenvalue weighted by molar-refractivity contribution is 7.98. The minimum Gasteiger partial charge on any atom is -0.423 e. The van der Waals surface area contributed by atoms with Gasteiger partial charge in [-0.2, -0.15) is 0 Å². The molecular formula is C23H22N4O4S2. The summed E-state index contributed by atoms with van der Waals surface area (Å²) in [6, 6.07) is 10.9. The summed E-state index contributed by atoms with van der Waals surface area (Å²) in [4.78, 5) is 24.6. The van der Waals surface area contributed by atoms with E-state index in [-0.39, 0.29) is 12.0 Å². The van der Waals surface area contributed by atoms with Crippen molar-refractivity contribution in [2.45, 2.75) is 43.3 Å². The van der Waals surface area contributed by atoms with Gasteiger partial charge in [-0.25, -0.2) is 4.79 Å². The predicted molar refractivity (Wildman–Crippen MR) is 129 cm³/mol. The van der Waals surface area contributed by atoms with Gasteiger partial charge in [-0.05, 0) is 42.0 Å². The highest BCUT2D eigenvalue weighted by Gasteiger charge is 2.22. The van der Waals surface area contributed by atoms with Gasteiger partial charge in [-0.3, -0.25) is 9.36 Å². The van der Waals surface area contributed by atoms with E-state index in [1.807, 2.05) is 23.6 Å². The zero-order valence-electron chi connectivity index (χ0n) is 17.9. The number of nitrogens with one attached hydrogen (secondary N) is 1. The number of aromatic nitrogens is 3. The fraction of sp³-hybridized carbons (Fsp3) is 0.304. The number of benzene rings is 1. The van der Waals surface area contributed by atoms with Crippen molar-refractivity contribution < 1.29 is 13.9 Å². The van der Waals surface area contributed by atoms with Crippen LogP contribution in [0.5, 0.6) is 0 Å². The first-order valence-electron chi connectivity index (χ1n) is 10.6. The monoisotopic (exact) mass is 482 g/mol. The molecular weight excluding hydrogens is 460 g/mol. The van der Waals surface area contributed by atoms with Crippen molar-refractivity contribution >= 4 is 45.7 Å². The molecule has 0 saturated carbocycles. The smallest absolute Gasteiger partial charge is 0.336 e. The van der Waals surface area contributed by atoms with E-state index >= 15 is 0 Å². The number of amides is 1. The van der Waals surface area contributed by atoms with Gasteiger partial charge in [0.15, 0.2) is 11.0 Å². The molecule has 1 saturated heterocycles. The Labute approximate surface area is 198 Å². The molecule has 0 bridgehead atoms. The second-order valence-electron chi connectivity index (χ2n) is 7.80. The Hall–Kier alpha value is -2.95. The predicted octanol–water partition coefficient (Wildman–Crippen LogP) is 4.54. The average Bonchev–Trinajstić information content (AvgIpc) is 3.54. The van der Waals surface area contributed by atoms with Crippen molar-refractivity contribution in [3.63, 3.8) is 0 Å². The number of fused-ring (bicyclic) bond motifs is 1. The summed E-state index contributed by atoms with van der Waals surface area (Å²) < 4.78 is 13.4. The van der Waals surface area contributed by atoms with E-state index in [1.165, 1.54) is 24.8 Å². The van der Waals surface area contributed by atoms with Crippen molar-refractivity contribution in [2.24, 2.45) is 0 Å². The number of hydrogen-bond donors (Lipinski definition) is 1. The van der Waals surface area contributed by atoms with Crippen molar-refractivity contribution in [1.82, 2.24) is 14.8 Å². The first kappa shape index (κ1) is 21.9. The van der Waals surface area contributed by atoms with E-state index in [9.17, 15) is 9.59 Å². The first-order valence-corrected chi connectivity index (χ1v) is 12.5. The van der Waals surface area contributed by atoms with Crippen LogP contribution < -0.4 is 10.9 Å². The maximum absolute atomic E-state index is 12.2. The fourth-order valence-electron chi connectivity index (χ4n) is 3.91. The Bertz CT molecular complexity index is 1340. The van der Waals surface area contributed by atoms with E-state index in [1.54, 1.807) is 23.5 Å². The molecule has 0 spiro atoms. The van der Waals surface area contributed by atoms with Crippen LogP contribution in [0.25, 0.3) is 21.7 Å². The number of anilines is 1. The number of hydrogen-bond acceptors (Lipinski definition) is 8. The Morgan fingerprint density at radius 1 is 1.30 bits per heavy atom. The molecule has 1 aromatic carbocycles. The molecule has 33 heavy (non-hydrogen) atoms. The molecule has 1 aliphatic heterocycles. The van der Waals surface area contributed by atoms with Gasteiger partial charge in [-0.1, -0.05) is 17.8 Å². The topological polar surface area (TPSA) is 99.3 Å². The molecule has 1 amide bonds. The Morgan fingerprint density at radius 2 is 2.21 bits per heavy atom. The third kappa shape index (κ3) is 4.87. The van der Waals surface area contributed by atoms with Gasteiger partial charge < -0.3 is 14.5 Å². The first-order chi connectivity index (χ1) is 16.1. The van der Waals surface area contributed by atoms with Crippen LogP contribution in [-0.4, -0.2) is 33.4 Å². The molecule has 0 unspecified atom stereocenters. The molecule has 1 fully saturated rings. The van der Waals surface area contributed by atoms with Gasteiger partial charge >= 0.3 is 5.63 Å². The van der Waals surface area contributed by atoms with Crippen LogP contribution >= 0.6 is 23.1 Å². The van der Waals surface area contributed by atoms with E-state index in [0.717, 1.165) is 46.3 Å². The second kappa shape index (κ2) is 9.50. The summed E-state index contributed by atoms with van der Waals surface area (Å²) in [7, 11) is 0. The van der Waals surface area contributed by atoms with E-state index < -0.39 is 5.63 Å². The molecule has 3 aromatic heterocycles. The summed E-state index contributed by atoms with van der Waals surface area (Å²) >= 11 is 3.16. The average molecular weight is 483 g/mol. The molecule has 170 valence electrons. The zero-order valence-corrected chi connectivity index (χ0v) is 19.6. The summed E-state index contributed by atoms with van der Waals surface area (Å²) in [5.41, 5.74) is 1.42. The lowest BCUT2D eigenvalue weighted by atomic mass is 10.1. The molecule has 4 aromatic rings. The van der Waals surface area contributed by atoms with Crippen LogP contribution in [0.4, 0.5) is 5.69 Å². The molecule has 8 nitrogen and oxygen atoms in total. The second-order valence-corrected chi connectivity index (χ2v) is 9.69. The molecule has 1 atom stereocenters. The van der Waals surface area contributed by atoms with Crippen LogP contribution in [-0.2, 0) is 21.8 Å². The Morgan fingerprint density at radius 3 is 2.97 bits per heavy atom. The number of nitrogens with zero attached hydrogens (tertiary/aromatic N) is 3. The quantitative estimate of drug-likeness (QED) is 0.305. The minimum absolute atomic E-state index is 0.149. The summed E-state index contributed by atoms with van der Waals surface area (Å²) in [5, 5.41) is 15.3. The van der Waals surface area contributed by atoms with E-state index in [0.29, 0.717) is 23.6 Å². The Kier molecular flexibility index (Phi) is 6.30. The van der Waals surface area contributed by atoms with Crippen molar-refractivity contribution in [3.8, 4) is 10.7 Å². The third-order valence-corrected chi connectivity index (χ3v) is 7.26. The number of thioether (sulfide) groups is 1. The van der Waals surface area contributed by atoms with Crippen molar-refractivity contribution in [3.05, 3.63) is 57.8 Å². The summed E-state index contributed by atoms with van der Waals surface area (Å²) in [6.07, 6.45) is 2.24. The highest BCUT2D eigenvalue weighted by Crippen LogP contribution is 2.32. The van der Waals surface area contributed by atoms with Crippen LogP contribution in [0.2, 0.25) is 0 Å². The summed E-state index contributed by atoms with van der Waals surface area (Å²) in [6.45, 7) is 2.92. The fourth-order valence-corrected chi connectivity index (χ4v) is 5.57. The lowest BCUT2D eigenvalue weighted by molar-refractivity contribution is -0.114. The molecule has 1 N–H and O–H groups in total. The van der Waals surface area contributed by atoms with Gasteiger partial charge in [0.2, 0.25) is 5.91 Å². The summed E-state index contributed by atoms with van der Waals surface area (Å²) in [5.74, 6) is 1.17. The van der Waals surface area contributed by atoms with Gasteiger partial charge in [0.25, 0.3) is 0 Å². The van der Waals surface area contributed by atoms with Gasteiger partial charge in [-0.15, -0.1) is 21.5 Å². The van der Waals surface area contributed by atoms with Crippen molar-refractivity contribution in [1.29, 1.82) is 0 Å². The van der Waals surface area contributed by atoms with Crippen LogP contribution in [0.1, 0.15) is 25.3 Å². The lowest BCUT2D eigenvalue weighted by Crippen LogP contribution is -2.16.